The van der Waals surface area contributed by atoms with Gasteiger partial charge in [0.25, 0.3) is 0 Å². The second kappa shape index (κ2) is 4.20. The van der Waals surface area contributed by atoms with Crippen molar-refractivity contribution < 1.29 is 0 Å². The zero-order chi connectivity index (χ0) is 13.5. The first-order chi connectivity index (χ1) is 9.81. The fraction of sp³-hybridized carbons (Fsp3) is 0.0556. The molecule has 2 heteroatoms. The predicted molar refractivity (Wildman–Crippen MR) is 83.3 cm³/mol. The number of nitrogens with zero attached hydrogens (tertiary/aromatic N) is 2. The summed E-state index contributed by atoms with van der Waals surface area (Å²) in [5.74, 6) is 0.962. The van der Waals surface area contributed by atoms with Gasteiger partial charge in [-0.15, -0.1) is 0 Å². The molecule has 96 valence electrons. The van der Waals surface area contributed by atoms with Gasteiger partial charge in [-0.2, -0.15) is 0 Å². The third-order valence-corrected chi connectivity index (χ3v) is 3.68. The molecule has 2 aromatic heterocycles. The average Bonchev–Trinajstić information content (AvgIpc) is 2.90. The van der Waals surface area contributed by atoms with E-state index < -0.39 is 0 Å². The van der Waals surface area contributed by atoms with E-state index in [-0.39, 0.29) is 0 Å². The highest BCUT2D eigenvalue weighted by Crippen LogP contribution is 2.21. The minimum absolute atomic E-state index is 0.962. The van der Waals surface area contributed by atoms with Gasteiger partial charge in [-0.25, -0.2) is 4.98 Å². The Hall–Kier alpha value is -2.61. The first-order valence-electron chi connectivity index (χ1n) is 6.75. The molecule has 0 saturated carbocycles. The zero-order valence-corrected chi connectivity index (χ0v) is 11.2. The second-order valence-corrected chi connectivity index (χ2v) is 5.11. The molecule has 0 aliphatic heterocycles. The normalized spacial score (nSPS) is 11.2. The molecule has 0 atom stereocenters. The van der Waals surface area contributed by atoms with Crippen molar-refractivity contribution in [2.24, 2.45) is 0 Å². The Kier molecular flexibility index (Phi) is 2.36. The van der Waals surface area contributed by atoms with Crippen LogP contribution in [0, 0.1) is 6.92 Å². The van der Waals surface area contributed by atoms with Gasteiger partial charge in [0, 0.05) is 11.6 Å². The van der Waals surface area contributed by atoms with Crippen molar-refractivity contribution in [1.82, 2.24) is 9.55 Å². The maximum Gasteiger partial charge on any atom is 0.137 e. The van der Waals surface area contributed by atoms with E-state index in [2.05, 4.69) is 78.4 Å². The highest BCUT2D eigenvalue weighted by Gasteiger charge is 2.04. The van der Waals surface area contributed by atoms with E-state index in [0.717, 1.165) is 11.3 Å². The van der Waals surface area contributed by atoms with Crippen molar-refractivity contribution in [1.29, 1.82) is 0 Å². The van der Waals surface area contributed by atoms with Crippen LogP contribution in [0.5, 0.6) is 0 Å². The summed E-state index contributed by atoms with van der Waals surface area (Å²) in [6.07, 6.45) is 2.08. The lowest BCUT2D eigenvalue weighted by molar-refractivity contribution is 1.06. The molecule has 0 radical (unpaired) electrons. The quantitative estimate of drug-likeness (QED) is 0.492. The molecule has 4 aromatic rings. The van der Waals surface area contributed by atoms with Crippen LogP contribution < -0.4 is 0 Å². The minimum atomic E-state index is 0.962. The van der Waals surface area contributed by atoms with Crippen LogP contribution in [0.4, 0.5) is 0 Å². The highest BCUT2D eigenvalue weighted by atomic mass is 15.0. The summed E-state index contributed by atoms with van der Waals surface area (Å²) in [6.45, 7) is 2.10. The van der Waals surface area contributed by atoms with Gasteiger partial charge in [-0.1, -0.05) is 30.3 Å². The lowest BCUT2D eigenvalue weighted by Gasteiger charge is -2.06. The Labute approximate surface area is 117 Å². The smallest absolute Gasteiger partial charge is 0.137 e. The number of rotatable bonds is 1. The summed E-state index contributed by atoms with van der Waals surface area (Å²) in [6, 6.07) is 21.1. The number of aryl methyl sites for hydroxylation is 1. The standard InChI is InChI=1S/C18H14N2/c1-13-6-7-14-8-9-18(19-16(14)12-13)20-11-10-15-4-2-3-5-17(15)20/h2-12H,1H3. The summed E-state index contributed by atoms with van der Waals surface area (Å²) >= 11 is 0. The van der Waals surface area contributed by atoms with Crippen LogP contribution in [0.2, 0.25) is 0 Å². The number of pyridine rings is 1. The number of fused-ring (bicyclic) bond motifs is 2. The molecule has 2 aromatic carbocycles. The molecule has 0 aliphatic rings. The van der Waals surface area contributed by atoms with E-state index in [9.17, 15) is 0 Å². The van der Waals surface area contributed by atoms with Crippen molar-refractivity contribution in [3.8, 4) is 5.82 Å². The summed E-state index contributed by atoms with van der Waals surface area (Å²) < 4.78 is 2.14. The maximum absolute atomic E-state index is 4.79. The summed E-state index contributed by atoms with van der Waals surface area (Å²) in [5, 5.41) is 2.41. The van der Waals surface area contributed by atoms with Crippen LogP contribution in [0.1, 0.15) is 5.56 Å². The van der Waals surface area contributed by atoms with Gasteiger partial charge in [0.2, 0.25) is 0 Å². The van der Waals surface area contributed by atoms with E-state index in [0.29, 0.717) is 0 Å². The van der Waals surface area contributed by atoms with E-state index in [1.54, 1.807) is 0 Å². The zero-order valence-electron chi connectivity index (χ0n) is 11.2. The lowest BCUT2D eigenvalue weighted by Crippen LogP contribution is -1.95. The minimum Gasteiger partial charge on any atom is -0.301 e. The molecular formula is C18H14N2. The second-order valence-electron chi connectivity index (χ2n) is 5.11. The van der Waals surface area contributed by atoms with E-state index in [1.165, 1.54) is 21.9 Å². The SMILES string of the molecule is Cc1ccc2ccc(-n3ccc4ccccc43)nc2c1. The van der Waals surface area contributed by atoms with E-state index >= 15 is 0 Å². The predicted octanol–water partition coefficient (Wildman–Crippen LogP) is 4.49. The van der Waals surface area contributed by atoms with Crippen molar-refractivity contribution in [2.45, 2.75) is 6.92 Å². The Morgan fingerprint density at radius 3 is 2.65 bits per heavy atom. The molecular weight excluding hydrogens is 244 g/mol. The first-order valence-corrected chi connectivity index (χ1v) is 6.75. The van der Waals surface area contributed by atoms with Crippen LogP contribution in [0.3, 0.4) is 0 Å². The summed E-state index contributed by atoms with van der Waals surface area (Å²) in [4.78, 5) is 4.79. The monoisotopic (exact) mass is 258 g/mol. The summed E-state index contributed by atoms with van der Waals surface area (Å²) in [5.41, 5.74) is 3.46. The molecule has 0 amide bonds. The van der Waals surface area contributed by atoms with E-state index in [1.807, 2.05) is 0 Å². The Morgan fingerprint density at radius 1 is 0.850 bits per heavy atom. The van der Waals surface area contributed by atoms with Crippen molar-refractivity contribution in [3.05, 3.63) is 72.4 Å². The van der Waals surface area contributed by atoms with Crippen LogP contribution in [-0.4, -0.2) is 9.55 Å². The van der Waals surface area contributed by atoms with Crippen LogP contribution >= 0.6 is 0 Å². The van der Waals surface area contributed by atoms with Gasteiger partial charge in [0.05, 0.1) is 11.0 Å². The molecule has 0 bridgehead atoms. The van der Waals surface area contributed by atoms with Gasteiger partial charge >= 0.3 is 0 Å². The molecule has 20 heavy (non-hydrogen) atoms. The molecule has 0 unspecified atom stereocenters. The van der Waals surface area contributed by atoms with Crippen LogP contribution in [-0.2, 0) is 0 Å². The molecule has 0 aliphatic carbocycles. The Morgan fingerprint density at radius 2 is 1.70 bits per heavy atom. The topological polar surface area (TPSA) is 17.8 Å². The summed E-state index contributed by atoms with van der Waals surface area (Å²) in [7, 11) is 0. The molecule has 0 fully saturated rings. The molecule has 2 heterocycles. The van der Waals surface area contributed by atoms with E-state index in [4.69, 9.17) is 4.98 Å². The number of hydrogen-bond acceptors (Lipinski definition) is 1. The largest absolute Gasteiger partial charge is 0.301 e. The molecule has 0 saturated heterocycles. The van der Waals surface area contributed by atoms with Crippen molar-refractivity contribution in [2.75, 3.05) is 0 Å². The number of para-hydroxylation sites is 1. The highest BCUT2D eigenvalue weighted by molar-refractivity contribution is 5.83. The van der Waals surface area contributed by atoms with Gasteiger partial charge < -0.3 is 4.57 Å². The number of benzene rings is 2. The molecule has 4 rings (SSSR count). The van der Waals surface area contributed by atoms with Crippen LogP contribution in [0.15, 0.2) is 66.9 Å². The maximum atomic E-state index is 4.79. The van der Waals surface area contributed by atoms with Crippen molar-refractivity contribution in [3.63, 3.8) is 0 Å². The Balaban J connectivity index is 1.97. The number of hydrogen-bond donors (Lipinski definition) is 0. The third kappa shape index (κ3) is 1.69. The fourth-order valence-corrected chi connectivity index (χ4v) is 2.63. The van der Waals surface area contributed by atoms with Gasteiger partial charge in [-0.05, 0) is 48.2 Å². The first kappa shape index (κ1) is 11.2. The molecule has 0 spiro atoms. The molecule has 2 nitrogen and oxygen atoms in total. The molecule has 0 N–H and O–H groups in total. The van der Waals surface area contributed by atoms with Crippen molar-refractivity contribution >= 4 is 21.8 Å². The average molecular weight is 258 g/mol. The Bertz CT molecular complexity index is 919. The third-order valence-electron chi connectivity index (χ3n) is 3.68. The lowest BCUT2D eigenvalue weighted by atomic mass is 10.1. The van der Waals surface area contributed by atoms with Gasteiger partial charge in [0.15, 0.2) is 0 Å². The number of aromatic nitrogens is 2. The van der Waals surface area contributed by atoms with Crippen LogP contribution in [0.25, 0.3) is 27.6 Å². The van der Waals surface area contributed by atoms with Gasteiger partial charge in [-0.3, -0.25) is 0 Å². The van der Waals surface area contributed by atoms with Gasteiger partial charge in [0.1, 0.15) is 5.82 Å². The fourth-order valence-electron chi connectivity index (χ4n) is 2.63.